The van der Waals surface area contributed by atoms with Crippen LogP contribution in [0.25, 0.3) is 22.0 Å². The Kier molecular flexibility index (Phi) is 4.69. The van der Waals surface area contributed by atoms with E-state index in [2.05, 4.69) is 15.2 Å². The maximum absolute atomic E-state index is 6.18. The molecule has 4 nitrogen and oxygen atoms in total. The van der Waals surface area contributed by atoms with E-state index >= 15 is 0 Å². The lowest BCUT2D eigenvalue weighted by Gasteiger charge is -2.12. The summed E-state index contributed by atoms with van der Waals surface area (Å²) in [6.07, 6.45) is 1.65. The fourth-order valence-electron chi connectivity index (χ4n) is 2.67. The van der Waals surface area contributed by atoms with Gasteiger partial charge in [0, 0.05) is 22.5 Å². The Morgan fingerprint density at radius 1 is 0.808 bits per heavy atom. The molecule has 0 fully saturated rings. The third-order valence-electron chi connectivity index (χ3n) is 3.97. The van der Waals surface area contributed by atoms with Gasteiger partial charge < -0.3 is 4.74 Å². The van der Waals surface area contributed by atoms with Gasteiger partial charge in [0.05, 0.1) is 5.69 Å². The number of ether oxygens (including phenoxy) is 1. The highest BCUT2D eigenvalue weighted by Gasteiger charge is 2.12. The lowest BCUT2D eigenvalue weighted by atomic mass is 10.1. The number of benzene rings is 2. The van der Waals surface area contributed by atoms with E-state index in [9.17, 15) is 0 Å². The smallest absolute Gasteiger partial charge is 0.161 e. The van der Waals surface area contributed by atoms with E-state index in [0.717, 1.165) is 22.6 Å². The van der Waals surface area contributed by atoms with E-state index in [0.29, 0.717) is 17.4 Å². The molecule has 26 heavy (non-hydrogen) atoms. The van der Waals surface area contributed by atoms with Crippen LogP contribution in [-0.4, -0.2) is 15.2 Å². The molecule has 0 spiro atoms. The molecular formula is C20H13Cl2N3O. The molecule has 6 heteroatoms. The summed E-state index contributed by atoms with van der Waals surface area (Å²) < 4.78 is 6.02. The van der Waals surface area contributed by atoms with Gasteiger partial charge in [0.2, 0.25) is 0 Å². The molecule has 0 bridgehead atoms. The molecule has 0 atom stereocenters. The van der Waals surface area contributed by atoms with Crippen LogP contribution in [0.5, 0.6) is 5.75 Å². The monoisotopic (exact) mass is 381 g/mol. The summed E-state index contributed by atoms with van der Waals surface area (Å²) in [6, 6.07) is 19.6. The first-order chi connectivity index (χ1) is 12.7. The van der Waals surface area contributed by atoms with Gasteiger partial charge in [-0.1, -0.05) is 65.7 Å². The van der Waals surface area contributed by atoms with Crippen molar-refractivity contribution in [2.24, 2.45) is 0 Å². The number of halogens is 2. The number of pyridine rings is 1. The van der Waals surface area contributed by atoms with Gasteiger partial charge >= 0.3 is 0 Å². The van der Waals surface area contributed by atoms with Gasteiger partial charge in [0.25, 0.3) is 0 Å². The average molecular weight is 382 g/mol. The van der Waals surface area contributed by atoms with E-state index in [1.807, 2.05) is 60.7 Å². The third-order valence-corrected chi connectivity index (χ3v) is 4.53. The zero-order valence-corrected chi connectivity index (χ0v) is 15.1. The van der Waals surface area contributed by atoms with Crippen LogP contribution in [0.1, 0.15) is 5.56 Å². The molecule has 128 valence electrons. The van der Waals surface area contributed by atoms with E-state index in [1.165, 1.54) is 0 Å². The van der Waals surface area contributed by atoms with Crippen molar-refractivity contribution in [1.29, 1.82) is 0 Å². The first-order valence-electron chi connectivity index (χ1n) is 7.96. The van der Waals surface area contributed by atoms with Crippen LogP contribution in [0.15, 0.2) is 66.9 Å². The Morgan fingerprint density at radius 2 is 1.50 bits per heavy atom. The zero-order valence-electron chi connectivity index (χ0n) is 13.6. The van der Waals surface area contributed by atoms with Gasteiger partial charge in [-0.25, -0.2) is 0 Å². The molecule has 0 aliphatic carbocycles. The Hall–Kier alpha value is -2.69. The molecule has 0 saturated heterocycles. The third kappa shape index (κ3) is 3.34. The normalized spacial score (nSPS) is 10.8. The second kappa shape index (κ2) is 7.28. The number of para-hydroxylation sites is 1. The van der Waals surface area contributed by atoms with Crippen LogP contribution in [0.3, 0.4) is 0 Å². The van der Waals surface area contributed by atoms with Gasteiger partial charge in [-0.15, -0.1) is 10.2 Å². The molecule has 2 heterocycles. The average Bonchev–Trinajstić information content (AvgIpc) is 2.70. The summed E-state index contributed by atoms with van der Waals surface area (Å²) in [7, 11) is 0. The fraction of sp³-hybridized carbons (Fsp3) is 0.0500. The molecule has 0 unspecified atom stereocenters. The van der Waals surface area contributed by atoms with Crippen LogP contribution in [0.4, 0.5) is 0 Å². The molecule has 4 rings (SSSR count). The maximum Gasteiger partial charge on any atom is 0.161 e. The molecule has 4 aromatic rings. The molecule has 0 amide bonds. The molecule has 0 saturated carbocycles. The van der Waals surface area contributed by atoms with Crippen molar-refractivity contribution in [2.75, 3.05) is 0 Å². The molecule has 0 aliphatic rings. The second-order valence-electron chi connectivity index (χ2n) is 5.67. The van der Waals surface area contributed by atoms with Crippen molar-refractivity contribution in [2.45, 2.75) is 6.61 Å². The number of aromatic nitrogens is 3. The molecular weight excluding hydrogens is 369 g/mol. The maximum atomic E-state index is 6.18. The van der Waals surface area contributed by atoms with E-state index < -0.39 is 0 Å². The number of hydrogen-bond donors (Lipinski definition) is 0. The van der Waals surface area contributed by atoms with Crippen molar-refractivity contribution in [3.8, 4) is 17.0 Å². The summed E-state index contributed by atoms with van der Waals surface area (Å²) in [6.45, 7) is 0.476. The first kappa shape index (κ1) is 16.8. The van der Waals surface area contributed by atoms with Crippen molar-refractivity contribution in [3.63, 3.8) is 0 Å². The van der Waals surface area contributed by atoms with Gasteiger partial charge in [-0.2, -0.15) is 0 Å². The largest absolute Gasteiger partial charge is 0.488 e. The predicted octanol–water partition coefficient (Wildman–Crippen LogP) is 5.58. The summed E-state index contributed by atoms with van der Waals surface area (Å²) in [5, 5.41) is 9.60. The summed E-state index contributed by atoms with van der Waals surface area (Å²) >= 11 is 12.3. The molecule has 0 radical (unpaired) electrons. The zero-order chi connectivity index (χ0) is 17.9. The summed E-state index contributed by atoms with van der Waals surface area (Å²) in [5.41, 5.74) is 2.69. The highest BCUT2D eigenvalue weighted by molar-refractivity contribution is 6.38. The number of nitrogens with zero attached hydrogens (tertiary/aromatic N) is 3. The van der Waals surface area contributed by atoms with Gasteiger partial charge in [0.15, 0.2) is 10.3 Å². The van der Waals surface area contributed by atoms with E-state index in [4.69, 9.17) is 27.9 Å². The predicted molar refractivity (Wildman–Crippen MR) is 104 cm³/mol. The SMILES string of the molecule is Clc1nnc(Cl)c2cc(-c3ccccc3OCc3ccccc3)ncc12. The minimum Gasteiger partial charge on any atom is -0.488 e. The van der Waals surface area contributed by atoms with Crippen LogP contribution < -0.4 is 4.74 Å². The Bertz CT molecular complexity index is 1070. The second-order valence-corrected chi connectivity index (χ2v) is 6.38. The topological polar surface area (TPSA) is 47.9 Å². The quantitative estimate of drug-likeness (QED) is 0.463. The highest BCUT2D eigenvalue weighted by Crippen LogP contribution is 2.33. The minimum atomic E-state index is 0.275. The molecule has 0 aliphatic heterocycles. The van der Waals surface area contributed by atoms with Crippen molar-refractivity contribution < 1.29 is 4.74 Å². The molecule has 2 aromatic heterocycles. The van der Waals surface area contributed by atoms with Gasteiger partial charge in [0.1, 0.15) is 12.4 Å². The Labute approximate surface area is 160 Å². The van der Waals surface area contributed by atoms with Gasteiger partial charge in [-0.05, 0) is 23.8 Å². The Morgan fingerprint density at radius 3 is 2.31 bits per heavy atom. The van der Waals surface area contributed by atoms with E-state index in [-0.39, 0.29) is 10.3 Å². The number of rotatable bonds is 4. The van der Waals surface area contributed by atoms with Crippen LogP contribution in [0.2, 0.25) is 10.3 Å². The standard InChI is InChI=1S/C20H13Cl2N3O/c21-19-15-10-17(23-11-16(15)20(22)25-24-19)14-8-4-5-9-18(14)26-12-13-6-2-1-3-7-13/h1-11H,12H2. The van der Waals surface area contributed by atoms with Crippen molar-refractivity contribution in [3.05, 3.63) is 82.7 Å². The number of fused-ring (bicyclic) bond motifs is 1. The van der Waals surface area contributed by atoms with Crippen molar-refractivity contribution >= 4 is 34.0 Å². The summed E-state index contributed by atoms with van der Waals surface area (Å²) in [4.78, 5) is 4.50. The van der Waals surface area contributed by atoms with E-state index in [1.54, 1.807) is 6.20 Å². The fourth-order valence-corrected chi connectivity index (χ4v) is 3.06. The van der Waals surface area contributed by atoms with Crippen LogP contribution in [0, 0.1) is 0 Å². The molecule has 0 N–H and O–H groups in total. The lowest BCUT2D eigenvalue weighted by Crippen LogP contribution is -1.97. The molecule has 2 aromatic carbocycles. The van der Waals surface area contributed by atoms with Crippen molar-refractivity contribution in [1.82, 2.24) is 15.2 Å². The lowest BCUT2D eigenvalue weighted by molar-refractivity contribution is 0.307. The summed E-state index contributed by atoms with van der Waals surface area (Å²) in [5.74, 6) is 0.743. The van der Waals surface area contributed by atoms with Crippen LogP contribution >= 0.6 is 23.2 Å². The van der Waals surface area contributed by atoms with Gasteiger partial charge in [-0.3, -0.25) is 4.98 Å². The highest BCUT2D eigenvalue weighted by atomic mass is 35.5. The Balaban J connectivity index is 1.72. The van der Waals surface area contributed by atoms with Crippen LogP contribution in [-0.2, 0) is 6.61 Å². The first-order valence-corrected chi connectivity index (χ1v) is 8.71. The number of hydrogen-bond acceptors (Lipinski definition) is 4. The minimum absolute atomic E-state index is 0.275.